The highest BCUT2D eigenvalue weighted by atomic mass is 15.2. The molecule has 4 nitrogen and oxygen atoms in total. The molecule has 0 aliphatic carbocycles. The fourth-order valence-electron chi connectivity index (χ4n) is 3.16. The second-order valence-corrected chi connectivity index (χ2v) is 6.00. The zero-order valence-corrected chi connectivity index (χ0v) is 12.9. The summed E-state index contributed by atoms with van der Waals surface area (Å²) < 4.78 is 0. The molecule has 3 rings (SSSR count). The molecular weight excluding hydrogens is 260 g/mol. The van der Waals surface area contributed by atoms with Gasteiger partial charge >= 0.3 is 0 Å². The van der Waals surface area contributed by atoms with Crippen LogP contribution in [0.2, 0.25) is 0 Å². The van der Waals surface area contributed by atoms with Gasteiger partial charge in [0.05, 0.1) is 11.9 Å². The Balaban J connectivity index is 1.76. The van der Waals surface area contributed by atoms with Crippen LogP contribution in [0.4, 0.5) is 0 Å². The molecular formula is C17H24N4. The average Bonchev–Trinajstić information content (AvgIpc) is 2.95. The Morgan fingerprint density at radius 3 is 3.14 bits per heavy atom. The summed E-state index contributed by atoms with van der Waals surface area (Å²) >= 11 is 0. The van der Waals surface area contributed by atoms with Crippen molar-refractivity contribution in [3.05, 3.63) is 41.6 Å². The van der Waals surface area contributed by atoms with E-state index in [0.717, 1.165) is 18.8 Å². The fraction of sp³-hybridized carbons (Fsp3) is 0.471. The lowest BCUT2D eigenvalue weighted by Gasteiger charge is -2.32. The van der Waals surface area contributed by atoms with Crippen molar-refractivity contribution in [1.82, 2.24) is 20.4 Å². The number of aromatic amines is 1. The number of benzene rings is 1. The molecule has 1 fully saturated rings. The van der Waals surface area contributed by atoms with Gasteiger partial charge in [0.25, 0.3) is 0 Å². The largest absolute Gasteiger partial charge is 0.316 e. The topological polar surface area (TPSA) is 44.0 Å². The minimum atomic E-state index is 0.619. The van der Waals surface area contributed by atoms with Gasteiger partial charge in [-0.2, -0.15) is 5.10 Å². The Kier molecular flexibility index (Phi) is 4.36. The molecule has 2 N–H and O–H groups in total. The van der Waals surface area contributed by atoms with Crippen LogP contribution in [0.1, 0.15) is 24.0 Å². The molecule has 2 heterocycles. The lowest BCUT2D eigenvalue weighted by atomic mass is 10.0. The Labute approximate surface area is 126 Å². The molecule has 4 heteroatoms. The Morgan fingerprint density at radius 2 is 2.33 bits per heavy atom. The number of nitrogens with zero attached hydrogens (tertiary/aromatic N) is 2. The molecule has 0 amide bonds. The maximum Gasteiger partial charge on any atom is 0.0695 e. The smallest absolute Gasteiger partial charge is 0.0695 e. The molecule has 1 atom stereocenters. The second kappa shape index (κ2) is 6.41. The van der Waals surface area contributed by atoms with Crippen molar-refractivity contribution in [2.75, 3.05) is 20.1 Å². The number of likely N-dealkylation sites (N-methyl/N-ethyl adjacent to an activating group) is 1. The maximum absolute atomic E-state index is 4.27. The van der Waals surface area contributed by atoms with Gasteiger partial charge in [-0.1, -0.05) is 23.8 Å². The van der Waals surface area contributed by atoms with Gasteiger partial charge in [-0.3, -0.25) is 10.00 Å². The minimum absolute atomic E-state index is 0.619. The van der Waals surface area contributed by atoms with E-state index in [4.69, 9.17) is 0 Å². The fourth-order valence-corrected chi connectivity index (χ4v) is 3.16. The van der Waals surface area contributed by atoms with Crippen LogP contribution in [0.25, 0.3) is 11.3 Å². The van der Waals surface area contributed by atoms with Crippen LogP contribution in [0.5, 0.6) is 0 Å². The van der Waals surface area contributed by atoms with Gasteiger partial charge < -0.3 is 5.32 Å². The van der Waals surface area contributed by atoms with Crippen molar-refractivity contribution in [3.63, 3.8) is 0 Å². The highest BCUT2D eigenvalue weighted by Gasteiger charge is 2.20. The number of hydrogen-bond acceptors (Lipinski definition) is 3. The highest BCUT2D eigenvalue weighted by molar-refractivity contribution is 5.63. The van der Waals surface area contributed by atoms with E-state index in [1.165, 1.54) is 36.1 Å². The number of piperidine rings is 1. The Morgan fingerprint density at radius 1 is 1.43 bits per heavy atom. The van der Waals surface area contributed by atoms with Crippen LogP contribution >= 0.6 is 0 Å². The summed E-state index contributed by atoms with van der Waals surface area (Å²) in [6.45, 7) is 5.39. The summed E-state index contributed by atoms with van der Waals surface area (Å²) in [6.07, 6.45) is 4.52. The quantitative estimate of drug-likeness (QED) is 0.907. The molecule has 0 spiro atoms. The Hall–Kier alpha value is -1.65. The van der Waals surface area contributed by atoms with Crippen molar-refractivity contribution in [2.45, 2.75) is 32.4 Å². The number of aromatic nitrogens is 2. The van der Waals surface area contributed by atoms with Gasteiger partial charge in [-0.05, 0) is 39.4 Å². The molecule has 1 aliphatic heterocycles. The highest BCUT2D eigenvalue weighted by Crippen LogP contribution is 2.24. The third-order valence-electron chi connectivity index (χ3n) is 4.33. The molecule has 1 aromatic heterocycles. The van der Waals surface area contributed by atoms with E-state index < -0.39 is 0 Å². The first-order valence-electron chi connectivity index (χ1n) is 7.75. The molecule has 1 saturated heterocycles. The molecule has 1 aliphatic rings. The number of rotatable bonds is 4. The number of hydrogen-bond donors (Lipinski definition) is 2. The maximum atomic E-state index is 4.27. The second-order valence-electron chi connectivity index (χ2n) is 6.00. The van der Waals surface area contributed by atoms with E-state index in [1.54, 1.807) is 0 Å². The van der Waals surface area contributed by atoms with Crippen LogP contribution < -0.4 is 5.32 Å². The van der Waals surface area contributed by atoms with Gasteiger partial charge in [-0.15, -0.1) is 0 Å². The predicted molar refractivity (Wildman–Crippen MR) is 86.1 cm³/mol. The summed E-state index contributed by atoms with van der Waals surface area (Å²) in [7, 11) is 2.06. The molecule has 2 aromatic rings. The van der Waals surface area contributed by atoms with Crippen LogP contribution in [-0.4, -0.2) is 41.3 Å². The van der Waals surface area contributed by atoms with Gasteiger partial charge in [-0.25, -0.2) is 0 Å². The summed E-state index contributed by atoms with van der Waals surface area (Å²) in [5, 5.41) is 10.8. The number of likely N-dealkylation sites (tertiary alicyclic amines) is 1. The average molecular weight is 284 g/mol. The van der Waals surface area contributed by atoms with E-state index in [9.17, 15) is 0 Å². The summed E-state index contributed by atoms with van der Waals surface area (Å²) in [6, 6.07) is 9.21. The number of H-pyrrole nitrogens is 1. The van der Waals surface area contributed by atoms with Gasteiger partial charge in [0.2, 0.25) is 0 Å². The molecule has 1 unspecified atom stereocenters. The predicted octanol–water partition coefficient (Wildman–Crippen LogP) is 2.57. The first kappa shape index (κ1) is 14.3. The molecule has 0 saturated carbocycles. The molecule has 0 bridgehead atoms. The summed E-state index contributed by atoms with van der Waals surface area (Å²) in [5.74, 6) is 0. The first-order chi connectivity index (χ1) is 10.3. The van der Waals surface area contributed by atoms with Crippen molar-refractivity contribution in [3.8, 4) is 11.3 Å². The van der Waals surface area contributed by atoms with E-state index >= 15 is 0 Å². The van der Waals surface area contributed by atoms with Crippen LogP contribution in [0, 0.1) is 6.92 Å². The van der Waals surface area contributed by atoms with Gasteiger partial charge in [0.1, 0.15) is 0 Å². The molecule has 21 heavy (non-hydrogen) atoms. The van der Waals surface area contributed by atoms with Gasteiger partial charge in [0.15, 0.2) is 0 Å². The van der Waals surface area contributed by atoms with Crippen LogP contribution in [0.3, 0.4) is 0 Å². The molecule has 0 radical (unpaired) electrons. The van der Waals surface area contributed by atoms with Crippen molar-refractivity contribution in [1.29, 1.82) is 0 Å². The van der Waals surface area contributed by atoms with Gasteiger partial charge in [0, 0.05) is 30.3 Å². The lowest BCUT2D eigenvalue weighted by molar-refractivity contribution is 0.188. The van der Waals surface area contributed by atoms with E-state index in [-0.39, 0.29) is 0 Å². The van der Waals surface area contributed by atoms with E-state index in [1.807, 2.05) is 6.20 Å². The monoisotopic (exact) mass is 284 g/mol. The normalized spacial score (nSPS) is 19.8. The van der Waals surface area contributed by atoms with Crippen LogP contribution in [-0.2, 0) is 6.54 Å². The van der Waals surface area contributed by atoms with Crippen LogP contribution in [0.15, 0.2) is 30.5 Å². The Bertz CT molecular complexity index is 590. The third kappa shape index (κ3) is 3.34. The third-order valence-corrected chi connectivity index (χ3v) is 4.33. The number of aryl methyl sites for hydroxylation is 1. The van der Waals surface area contributed by atoms with Crippen molar-refractivity contribution < 1.29 is 0 Å². The first-order valence-corrected chi connectivity index (χ1v) is 7.75. The van der Waals surface area contributed by atoms with Crippen molar-refractivity contribution in [2.24, 2.45) is 0 Å². The standard InChI is InChI=1S/C17H24N4/c1-13-5-3-6-14(9-13)17-15(10-19-20-17)11-21-8-4-7-16(12-21)18-2/h3,5-6,9-10,16,18H,4,7-8,11-12H2,1-2H3,(H,19,20). The van der Waals surface area contributed by atoms with E-state index in [0.29, 0.717) is 6.04 Å². The molecule has 1 aromatic carbocycles. The SMILES string of the molecule is CNC1CCCN(Cc2cn[nH]c2-c2cccc(C)c2)C1. The van der Waals surface area contributed by atoms with E-state index in [2.05, 4.69) is 58.7 Å². The summed E-state index contributed by atoms with van der Waals surface area (Å²) in [5.41, 5.74) is 4.95. The zero-order chi connectivity index (χ0) is 14.7. The zero-order valence-electron chi connectivity index (χ0n) is 12.9. The van der Waals surface area contributed by atoms with Crippen molar-refractivity contribution >= 4 is 0 Å². The lowest BCUT2D eigenvalue weighted by Crippen LogP contribution is -2.43. The number of nitrogens with one attached hydrogen (secondary N) is 2. The summed E-state index contributed by atoms with van der Waals surface area (Å²) in [4.78, 5) is 2.52. The minimum Gasteiger partial charge on any atom is -0.316 e. The molecule has 112 valence electrons.